The fourth-order valence-corrected chi connectivity index (χ4v) is 2.51. The quantitative estimate of drug-likeness (QED) is 0.305. The number of aromatic nitrogens is 4. The van der Waals surface area contributed by atoms with Crippen molar-refractivity contribution in [2.75, 3.05) is 20.1 Å². The van der Waals surface area contributed by atoms with Gasteiger partial charge >= 0.3 is 0 Å². The first-order chi connectivity index (χ1) is 12.7. The Kier molecular flexibility index (Phi) is 8.24. The Morgan fingerprint density at radius 2 is 1.89 bits per heavy atom. The molecule has 0 aliphatic heterocycles. The molecule has 0 unspecified atom stereocenters. The minimum Gasteiger partial charge on any atom is -0.356 e. The molecule has 3 aromatic rings. The fraction of sp³-hybridized carbons (Fsp3) is 0.333. The molecular weight excluding hydrogens is 457 g/mol. The minimum absolute atomic E-state index is 0. The van der Waals surface area contributed by atoms with Crippen LogP contribution in [0.3, 0.4) is 0 Å². The van der Waals surface area contributed by atoms with Crippen LogP contribution in [0.15, 0.2) is 52.2 Å². The van der Waals surface area contributed by atoms with Gasteiger partial charge in [-0.3, -0.25) is 4.99 Å². The van der Waals surface area contributed by atoms with E-state index in [0.717, 1.165) is 24.6 Å². The molecule has 9 heteroatoms. The van der Waals surface area contributed by atoms with Gasteiger partial charge in [0.1, 0.15) is 0 Å². The standard InChI is InChI=1S/C18H23N7O.HI/c1-14-23-17(26-24-14)9-12-21-18(19-2)20-11-8-15-4-6-16(7-5-15)25-13-3-10-22-25;/h3-7,10,13H,8-9,11-12H2,1-2H3,(H2,19,20,21);1H. The average molecular weight is 481 g/mol. The third kappa shape index (κ3) is 6.35. The minimum atomic E-state index is 0. The smallest absolute Gasteiger partial charge is 0.228 e. The lowest BCUT2D eigenvalue weighted by Crippen LogP contribution is -2.39. The van der Waals surface area contributed by atoms with Gasteiger partial charge < -0.3 is 15.2 Å². The summed E-state index contributed by atoms with van der Waals surface area (Å²) in [6.07, 6.45) is 5.28. The van der Waals surface area contributed by atoms with Crippen molar-refractivity contribution in [3.63, 3.8) is 0 Å². The summed E-state index contributed by atoms with van der Waals surface area (Å²) in [5.41, 5.74) is 2.31. The highest BCUT2D eigenvalue weighted by Gasteiger charge is 2.03. The molecule has 0 bridgehead atoms. The third-order valence-corrected chi connectivity index (χ3v) is 3.84. The molecule has 27 heavy (non-hydrogen) atoms. The highest BCUT2D eigenvalue weighted by molar-refractivity contribution is 14.0. The summed E-state index contributed by atoms with van der Waals surface area (Å²) in [5.74, 6) is 2.04. The Morgan fingerprint density at radius 1 is 1.15 bits per heavy atom. The molecule has 0 saturated carbocycles. The molecule has 144 valence electrons. The third-order valence-electron chi connectivity index (χ3n) is 3.84. The van der Waals surface area contributed by atoms with Crippen LogP contribution in [0.5, 0.6) is 0 Å². The van der Waals surface area contributed by atoms with E-state index in [4.69, 9.17) is 4.52 Å². The molecule has 0 amide bonds. The van der Waals surface area contributed by atoms with Gasteiger partial charge in [0.05, 0.1) is 5.69 Å². The van der Waals surface area contributed by atoms with Crippen LogP contribution < -0.4 is 10.6 Å². The lowest BCUT2D eigenvalue weighted by molar-refractivity contribution is 0.374. The highest BCUT2D eigenvalue weighted by atomic mass is 127. The van der Waals surface area contributed by atoms with Gasteiger partial charge in [-0.05, 0) is 37.1 Å². The van der Waals surface area contributed by atoms with Crippen molar-refractivity contribution in [2.24, 2.45) is 4.99 Å². The summed E-state index contributed by atoms with van der Waals surface area (Å²) in [6, 6.07) is 10.3. The van der Waals surface area contributed by atoms with Gasteiger partial charge in [-0.25, -0.2) is 4.68 Å². The van der Waals surface area contributed by atoms with Gasteiger partial charge in [0.2, 0.25) is 5.89 Å². The zero-order valence-corrected chi connectivity index (χ0v) is 17.8. The normalized spacial score (nSPS) is 11.1. The molecule has 0 radical (unpaired) electrons. The summed E-state index contributed by atoms with van der Waals surface area (Å²) in [7, 11) is 1.76. The molecule has 0 aliphatic rings. The molecule has 1 aromatic carbocycles. The predicted molar refractivity (Wildman–Crippen MR) is 115 cm³/mol. The van der Waals surface area contributed by atoms with Crippen molar-refractivity contribution in [1.82, 2.24) is 30.6 Å². The monoisotopic (exact) mass is 481 g/mol. The predicted octanol–water partition coefficient (Wildman–Crippen LogP) is 2.13. The van der Waals surface area contributed by atoms with Crippen LogP contribution in [0.25, 0.3) is 5.69 Å². The van der Waals surface area contributed by atoms with E-state index in [0.29, 0.717) is 24.7 Å². The van der Waals surface area contributed by atoms with E-state index in [1.54, 1.807) is 13.2 Å². The second kappa shape index (κ2) is 10.7. The second-order valence-electron chi connectivity index (χ2n) is 5.78. The van der Waals surface area contributed by atoms with Crippen LogP contribution in [-0.4, -0.2) is 46.0 Å². The van der Waals surface area contributed by atoms with E-state index >= 15 is 0 Å². The van der Waals surface area contributed by atoms with Crippen molar-refractivity contribution >= 4 is 29.9 Å². The van der Waals surface area contributed by atoms with Crippen molar-refractivity contribution < 1.29 is 4.52 Å². The van der Waals surface area contributed by atoms with Crippen LogP contribution in [0, 0.1) is 6.92 Å². The number of benzene rings is 1. The number of nitrogens with one attached hydrogen (secondary N) is 2. The largest absolute Gasteiger partial charge is 0.356 e. The second-order valence-corrected chi connectivity index (χ2v) is 5.78. The van der Waals surface area contributed by atoms with Gasteiger partial charge in [-0.1, -0.05) is 17.3 Å². The Bertz CT molecular complexity index is 828. The average Bonchev–Trinajstić information content (AvgIpc) is 3.33. The van der Waals surface area contributed by atoms with Gasteiger partial charge in [-0.2, -0.15) is 10.1 Å². The van der Waals surface area contributed by atoms with Crippen molar-refractivity contribution in [3.05, 3.63) is 60.0 Å². The lowest BCUT2D eigenvalue weighted by atomic mass is 10.1. The van der Waals surface area contributed by atoms with Crippen molar-refractivity contribution in [2.45, 2.75) is 19.8 Å². The fourth-order valence-electron chi connectivity index (χ4n) is 2.51. The summed E-state index contributed by atoms with van der Waals surface area (Å²) in [4.78, 5) is 8.40. The topological polar surface area (TPSA) is 93.2 Å². The van der Waals surface area contributed by atoms with E-state index in [2.05, 4.69) is 55.1 Å². The number of nitrogens with zero attached hydrogens (tertiary/aromatic N) is 5. The number of rotatable bonds is 7. The van der Waals surface area contributed by atoms with E-state index in [1.165, 1.54) is 5.56 Å². The molecule has 2 aromatic heterocycles. The van der Waals surface area contributed by atoms with Crippen LogP contribution in [-0.2, 0) is 12.8 Å². The summed E-state index contributed by atoms with van der Waals surface area (Å²) in [6.45, 7) is 3.28. The molecule has 3 rings (SSSR count). The Labute approximate surface area is 175 Å². The first kappa shape index (κ1) is 20.9. The number of aryl methyl sites for hydroxylation is 1. The van der Waals surface area contributed by atoms with Crippen LogP contribution >= 0.6 is 24.0 Å². The van der Waals surface area contributed by atoms with Crippen LogP contribution in [0.2, 0.25) is 0 Å². The summed E-state index contributed by atoms with van der Waals surface area (Å²) >= 11 is 0. The molecule has 2 N–H and O–H groups in total. The number of hydrogen-bond donors (Lipinski definition) is 2. The Balaban J connectivity index is 0.00000261. The number of aliphatic imine (C=N–C) groups is 1. The lowest BCUT2D eigenvalue weighted by Gasteiger charge is -2.11. The maximum Gasteiger partial charge on any atom is 0.228 e. The first-order valence-electron chi connectivity index (χ1n) is 8.57. The summed E-state index contributed by atoms with van der Waals surface area (Å²) < 4.78 is 6.93. The molecule has 2 heterocycles. The van der Waals surface area contributed by atoms with Crippen LogP contribution in [0.4, 0.5) is 0 Å². The number of hydrogen-bond acceptors (Lipinski definition) is 5. The zero-order valence-electron chi connectivity index (χ0n) is 15.4. The van der Waals surface area contributed by atoms with E-state index in [9.17, 15) is 0 Å². The molecule has 0 atom stereocenters. The maximum absolute atomic E-state index is 5.09. The number of guanidine groups is 1. The highest BCUT2D eigenvalue weighted by Crippen LogP contribution is 2.08. The molecule has 0 spiro atoms. The molecule has 0 fully saturated rings. The SMILES string of the molecule is CN=C(NCCc1ccc(-n2cccn2)cc1)NCCc1nc(C)no1.I. The van der Waals surface area contributed by atoms with E-state index in [-0.39, 0.29) is 24.0 Å². The van der Waals surface area contributed by atoms with Gasteiger partial charge in [0.15, 0.2) is 11.8 Å². The molecule has 8 nitrogen and oxygen atoms in total. The molecule has 0 saturated heterocycles. The first-order valence-corrected chi connectivity index (χ1v) is 8.57. The van der Waals surface area contributed by atoms with Crippen LogP contribution in [0.1, 0.15) is 17.3 Å². The van der Waals surface area contributed by atoms with Gasteiger partial charge in [0.25, 0.3) is 0 Å². The van der Waals surface area contributed by atoms with Crippen molar-refractivity contribution in [1.29, 1.82) is 0 Å². The van der Waals surface area contributed by atoms with E-state index in [1.807, 2.05) is 23.9 Å². The maximum atomic E-state index is 5.09. The van der Waals surface area contributed by atoms with E-state index < -0.39 is 0 Å². The number of halogens is 1. The Morgan fingerprint density at radius 3 is 2.48 bits per heavy atom. The summed E-state index contributed by atoms with van der Waals surface area (Å²) in [5, 5.41) is 14.6. The van der Waals surface area contributed by atoms with Gasteiger partial charge in [-0.15, -0.1) is 24.0 Å². The molecule has 0 aliphatic carbocycles. The van der Waals surface area contributed by atoms with Gasteiger partial charge in [0, 0.05) is 39.0 Å². The molecular formula is C18H24IN7O. The zero-order chi connectivity index (χ0) is 18.2. The Hall–Kier alpha value is -2.43. The van der Waals surface area contributed by atoms with Crippen molar-refractivity contribution in [3.8, 4) is 5.69 Å².